The Hall–Kier alpha value is -12.4. The SMILES string of the molecule is CC(=O)N[C@H]1CCSC[C@@H](C(=O)N[C@@H](Cc2ccc(OCCN)cc2)C(=O)N[C@@H](Cc2c[nH]c3ccc(O)cc23)C(=O)NC(C)(C)C(=O)N[C@@H](CCC(N)=O)C(=O)N[C@@H](CC(N)=O)C(=O)NCC(N)=O)NC(=O)[C@H](CCC(N)=O)NC(=O)[C@H](Cc2c[nH]c3ccccc23)NC(=O)[C@H]([C@@H](C)O)NC(=O)[C@H](CCC(N)=O)NC1=O. The molecule has 0 bridgehead atoms. The second-order valence-corrected chi connectivity index (χ2v) is 28.2. The number of aromatic amines is 2. The van der Waals surface area contributed by atoms with Crippen molar-refractivity contribution in [1.29, 1.82) is 0 Å². The molecule has 1 aliphatic rings. The van der Waals surface area contributed by atoms with Crippen molar-refractivity contribution in [3.05, 3.63) is 95.8 Å². The van der Waals surface area contributed by atoms with Gasteiger partial charge in [-0.3, -0.25) is 81.5 Å². The number of phenols is 1. The number of nitrogens with one attached hydrogen (secondary N) is 14. The van der Waals surface area contributed by atoms with E-state index in [1.165, 1.54) is 62.5 Å². The van der Waals surface area contributed by atoms with Crippen LogP contribution in [-0.4, -0.2) is 224 Å². The van der Waals surface area contributed by atoms with Gasteiger partial charge in [-0.2, -0.15) is 11.8 Å². The number of carbonyl (C=O) groups is 17. The maximum Gasteiger partial charge on any atom is 0.245 e. The van der Waals surface area contributed by atoms with E-state index in [1.54, 1.807) is 30.5 Å². The van der Waals surface area contributed by atoms with Crippen LogP contribution in [0.1, 0.15) is 95.8 Å². The van der Waals surface area contributed by atoms with Gasteiger partial charge in [-0.25, -0.2) is 0 Å². The highest BCUT2D eigenvalue weighted by atomic mass is 32.2. The summed E-state index contributed by atoms with van der Waals surface area (Å²) < 4.78 is 5.67. The van der Waals surface area contributed by atoms with E-state index >= 15 is 19.2 Å². The number of benzene rings is 3. The molecule has 11 atom stereocenters. The number of para-hydroxylation sites is 1. The Labute approximate surface area is 644 Å². The number of hydrogen-bond donors (Lipinski definition) is 22. The highest BCUT2D eigenvalue weighted by Crippen LogP contribution is 2.26. The Morgan fingerprint density at radius 3 is 1.80 bits per heavy atom. The molecule has 28 N–H and O–H groups in total. The average molecular weight is 1580 g/mol. The molecule has 40 nitrogen and oxygen atoms in total. The third-order valence-corrected chi connectivity index (χ3v) is 18.6. The van der Waals surface area contributed by atoms with Crippen LogP contribution >= 0.6 is 11.8 Å². The lowest BCUT2D eigenvalue weighted by Gasteiger charge is -2.31. The third kappa shape index (κ3) is 27.6. The number of aromatic hydroxyl groups is 1. The molecule has 0 radical (unpaired) electrons. The lowest BCUT2D eigenvalue weighted by atomic mass is 9.98. The topological polar surface area (TPSA) is 672 Å². The van der Waals surface area contributed by atoms with E-state index < -0.39 is 243 Å². The van der Waals surface area contributed by atoms with E-state index in [0.717, 1.165) is 25.6 Å². The minimum atomic E-state index is -2.10. The van der Waals surface area contributed by atoms with Crippen molar-refractivity contribution in [2.45, 2.75) is 170 Å². The summed E-state index contributed by atoms with van der Waals surface area (Å²) in [7, 11) is 0. The van der Waals surface area contributed by atoms with Crippen LogP contribution in [0.15, 0.2) is 79.1 Å². The Balaban J connectivity index is 1.43. The number of rotatable bonds is 35. The number of aliphatic hydroxyl groups is 1. The van der Waals surface area contributed by atoms with E-state index in [2.05, 4.69) is 73.8 Å². The standard InChI is InChI=1S/C71H96N20O20S/c1-34(92)59-69(109)87-50(26-37-30-78-43-8-6-5-7-41(37)43)66(106)83-45(15-18-54(73)95)61(101)88-53(33-112-24-21-48(81-35(2)93)63(103)82-46(64(104)90-59)16-19-55(74)96)67(107)84-49(25-36-9-12-40(13-10-36)111-23-22-72)65(105)85-51(27-38-31-79-44-14-11-39(94)28-42(38)44)68(108)91-71(3,4)70(110)89-47(17-20-56(75)97)62(102)86-52(29-57(76)98)60(100)80-32-58(77)99/h5-14,28,30-31,34,45-53,59,78-79,92,94H,15-27,29,32-33,72H2,1-4H3,(H2,73,95)(H2,74,96)(H2,75,97)(H2,76,98)(H2,77,99)(H,80,100)(H,81,93)(H,82,103)(H,83,106)(H,84,107)(H,85,105)(H,86,102)(H,87,109)(H,88,101)(H,89,110)(H,90,104)(H,91,108)/t34-,45+,46+,47+,48+,49+,50+,51+,52+,53+,59+/m1/s1. The molecule has 2 aromatic heterocycles. The van der Waals surface area contributed by atoms with Gasteiger partial charge < -0.3 is 123 Å². The minimum absolute atomic E-state index is 0.104. The molecule has 1 aliphatic heterocycles. The van der Waals surface area contributed by atoms with Gasteiger partial charge in [0, 0.05) is 91.9 Å². The van der Waals surface area contributed by atoms with Gasteiger partial charge in [0.2, 0.25) is 100 Å². The van der Waals surface area contributed by atoms with Crippen molar-refractivity contribution in [2.24, 2.45) is 34.4 Å². The van der Waals surface area contributed by atoms with Crippen molar-refractivity contribution < 1.29 is 96.5 Å². The molecule has 112 heavy (non-hydrogen) atoms. The molecule has 3 heterocycles. The number of hydrogen-bond acceptors (Lipinski definition) is 22. The van der Waals surface area contributed by atoms with Crippen LogP contribution < -0.4 is 103 Å². The van der Waals surface area contributed by atoms with Gasteiger partial charge in [0.1, 0.15) is 84.1 Å². The molecule has 0 aliphatic carbocycles. The number of phenolic OH excluding ortho intramolecular Hbond substituents is 1. The maximum absolute atomic E-state index is 15.5. The molecule has 1 fully saturated rings. The molecule has 5 aromatic rings. The van der Waals surface area contributed by atoms with Crippen LogP contribution in [0.25, 0.3) is 21.8 Å². The summed E-state index contributed by atoms with van der Waals surface area (Å²) in [5.74, 6) is -18.3. The quantitative estimate of drug-likeness (QED) is 0.0179. The summed E-state index contributed by atoms with van der Waals surface area (Å²) >= 11 is 0.901. The molecule has 41 heteroatoms. The van der Waals surface area contributed by atoms with Gasteiger partial charge in [0.05, 0.1) is 19.1 Å². The summed E-state index contributed by atoms with van der Waals surface area (Å²) in [6.07, 6.45) is -4.20. The fourth-order valence-corrected chi connectivity index (χ4v) is 12.7. The van der Waals surface area contributed by atoms with Gasteiger partial charge in [-0.1, -0.05) is 30.3 Å². The summed E-state index contributed by atoms with van der Waals surface area (Å²) in [4.78, 5) is 240. The molecule has 0 unspecified atom stereocenters. The minimum Gasteiger partial charge on any atom is -0.508 e. The first-order chi connectivity index (χ1) is 52.9. The monoisotopic (exact) mass is 1580 g/mol. The van der Waals surface area contributed by atoms with Crippen molar-refractivity contribution in [2.75, 3.05) is 31.2 Å². The zero-order chi connectivity index (χ0) is 82.7. The van der Waals surface area contributed by atoms with Crippen LogP contribution in [0, 0.1) is 0 Å². The number of fused-ring (bicyclic) bond motifs is 2. The molecule has 0 saturated carbocycles. The fourth-order valence-electron chi connectivity index (χ4n) is 11.7. The van der Waals surface area contributed by atoms with Crippen LogP contribution in [0.4, 0.5) is 0 Å². The normalized spacial score (nSPS) is 18.8. The number of amides is 17. The molecule has 1 saturated heterocycles. The van der Waals surface area contributed by atoms with E-state index in [9.17, 15) is 72.5 Å². The second kappa shape index (κ2) is 42.0. The van der Waals surface area contributed by atoms with Crippen molar-refractivity contribution >= 4 is 134 Å². The first kappa shape index (κ1) is 88.5. The summed E-state index contributed by atoms with van der Waals surface area (Å²) in [6.45, 7) is 4.12. The second-order valence-electron chi connectivity index (χ2n) is 27.1. The molecular weight excluding hydrogens is 1480 g/mol. The van der Waals surface area contributed by atoms with Gasteiger partial charge >= 0.3 is 0 Å². The van der Waals surface area contributed by atoms with Crippen molar-refractivity contribution in [3.63, 3.8) is 0 Å². The molecule has 6 rings (SSSR count). The highest BCUT2D eigenvalue weighted by molar-refractivity contribution is 7.99. The van der Waals surface area contributed by atoms with E-state index in [1.807, 2.05) is 0 Å². The first-order valence-corrected chi connectivity index (χ1v) is 36.6. The largest absolute Gasteiger partial charge is 0.508 e. The predicted octanol–water partition coefficient (Wildman–Crippen LogP) is -6.73. The number of aromatic nitrogens is 2. The summed E-state index contributed by atoms with van der Waals surface area (Å²) in [5.41, 5.74) is 32.7. The molecule has 0 spiro atoms. The van der Waals surface area contributed by atoms with Crippen molar-refractivity contribution in [3.8, 4) is 11.5 Å². The Morgan fingerprint density at radius 2 is 1.19 bits per heavy atom. The maximum atomic E-state index is 15.5. The smallest absolute Gasteiger partial charge is 0.245 e. The zero-order valence-corrected chi connectivity index (χ0v) is 62.6. The number of carbonyl (C=O) groups excluding carboxylic acids is 17. The predicted molar refractivity (Wildman–Crippen MR) is 402 cm³/mol. The van der Waals surface area contributed by atoms with Crippen molar-refractivity contribution in [1.82, 2.24) is 73.8 Å². The first-order valence-electron chi connectivity index (χ1n) is 35.5. The molecule has 17 amide bonds. The Kier molecular flexibility index (Phi) is 33.2. The lowest BCUT2D eigenvalue weighted by Crippen LogP contribution is -2.64. The lowest BCUT2D eigenvalue weighted by molar-refractivity contribution is -0.138. The molecule has 606 valence electrons. The van der Waals surface area contributed by atoms with Gasteiger partial charge in [-0.05, 0) is 105 Å². The van der Waals surface area contributed by atoms with E-state index in [-0.39, 0.29) is 37.5 Å². The third-order valence-electron chi connectivity index (χ3n) is 17.6. The number of nitrogens with two attached hydrogens (primary N) is 6. The Morgan fingerprint density at radius 1 is 0.607 bits per heavy atom. The van der Waals surface area contributed by atoms with Crippen LogP contribution in [0.5, 0.6) is 11.5 Å². The number of ether oxygens (including phenoxy) is 1. The number of primary amides is 5. The van der Waals surface area contributed by atoms with E-state index in [0.29, 0.717) is 44.2 Å². The van der Waals surface area contributed by atoms with Crippen LogP contribution in [0.3, 0.4) is 0 Å². The highest BCUT2D eigenvalue weighted by Gasteiger charge is 2.40. The van der Waals surface area contributed by atoms with Gasteiger partial charge in [-0.15, -0.1) is 0 Å². The van der Waals surface area contributed by atoms with E-state index in [4.69, 9.17) is 39.1 Å². The van der Waals surface area contributed by atoms with Gasteiger partial charge in [0.15, 0.2) is 0 Å². The average Bonchev–Trinajstić information content (AvgIpc) is 1.63. The Bertz CT molecular complexity index is 4300. The number of aliphatic hydroxyl groups excluding tert-OH is 1. The zero-order valence-electron chi connectivity index (χ0n) is 61.8. The van der Waals surface area contributed by atoms with Crippen LogP contribution in [-0.2, 0) is 101 Å². The fraction of sp³-hybridized carbons (Fsp3) is 0.451. The molecule has 3 aromatic carbocycles. The summed E-state index contributed by atoms with van der Waals surface area (Å²) in [6, 6.07) is -0.110. The number of thioether (sulfide) groups is 1. The molecular formula is C71H96N20O20S. The summed E-state index contributed by atoms with van der Waals surface area (Å²) in [5, 5.41) is 52.3. The van der Waals surface area contributed by atoms with Gasteiger partial charge in [0.25, 0.3) is 0 Å². The van der Waals surface area contributed by atoms with Crippen LogP contribution in [0.2, 0.25) is 0 Å². The number of H-pyrrole nitrogens is 2.